The summed E-state index contributed by atoms with van der Waals surface area (Å²) in [4.78, 5) is 12.2. The number of nitrogens with zero attached hydrogens (tertiary/aromatic N) is 1. The van der Waals surface area contributed by atoms with Gasteiger partial charge in [-0.3, -0.25) is 4.79 Å². The van der Waals surface area contributed by atoms with E-state index < -0.39 is 0 Å². The number of rotatable bonds is 6. The van der Waals surface area contributed by atoms with Crippen LogP contribution in [0.25, 0.3) is 0 Å². The molecule has 6 heteroatoms. The molecular formula is C20H19FN2O3. The summed E-state index contributed by atoms with van der Waals surface area (Å²) >= 11 is 0. The molecule has 0 atom stereocenters. The van der Waals surface area contributed by atoms with Crippen molar-refractivity contribution >= 4 is 5.91 Å². The van der Waals surface area contributed by atoms with Crippen LogP contribution < -0.4 is 10.1 Å². The Labute approximate surface area is 150 Å². The van der Waals surface area contributed by atoms with Gasteiger partial charge in [-0.1, -0.05) is 17.3 Å². The van der Waals surface area contributed by atoms with Crippen molar-refractivity contribution in [2.75, 3.05) is 0 Å². The monoisotopic (exact) mass is 354 g/mol. The number of aryl methyl sites for hydroxylation is 2. The van der Waals surface area contributed by atoms with Gasteiger partial charge in [-0.05, 0) is 55.8 Å². The Bertz CT molecular complexity index is 867. The topological polar surface area (TPSA) is 64.4 Å². The molecule has 0 aliphatic carbocycles. The van der Waals surface area contributed by atoms with E-state index in [0.717, 1.165) is 22.6 Å². The molecule has 0 aliphatic heterocycles. The average molecular weight is 354 g/mol. The van der Waals surface area contributed by atoms with E-state index in [9.17, 15) is 9.18 Å². The van der Waals surface area contributed by atoms with Crippen LogP contribution in [0.1, 0.15) is 32.9 Å². The number of hydrogen-bond acceptors (Lipinski definition) is 4. The first-order valence-corrected chi connectivity index (χ1v) is 8.20. The summed E-state index contributed by atoms with van der Waals surface area (Å²) in [5.74, 6) is 0.887. The molecule has 0 spiro atoms. The largest absolute Gasteiger partial charge is 0.489 e. The van der Waals surface area contributed by atoms with E-state index in [1.54, 1.807) is 36.4 Å². The lowest BCUT2D eigenvalue weighted by Gasteiger charge is -2.08. The van der Waals surface area contributed by atoms with Crippen molar-refractivity contribution in [3.63, 3.8) is 0 Å². The van der Waals surface area contributed by atoms with Crippen LogP contribution in [-0.4, -0.2) is 11.1 Å². The van der Waals surface area contributed by atoms with Gasteiger partial charge < -0.3 is 14.6 Å². The first kappa shape index (κ1) is 17.7. The number of hydrogen-bond donors (Lipinski definition) is 1. The van der Waals surface area contributed by atoms with Gasteiger partial charge in [0.05, 0.1) is 11.3 Å². The molecule has 0 unspecified atom stereocenters. The highest BCUT2D eigenvalue weighted by Gasteiger charge is 2.10. The predicted octanol–water partition coefficient (Wildman–Crippen LogP) is 3.94. The van der Waals surface area contributed by atoms with Gasteiger partial charge in [-0.15, -0.1) is 0 Å². The summed E-state index contributed by atoms with van der Waals surface area (Å²) in [6, 6.07) is 12.9. The summed E-state index contributed by atoms with van der Waals surface area (Å²) in [6.45, 7) is 4.40. The van der Waals surface area contributed by atoms with E-state index in [4.69, 9.17) is 9.26 Å². The van der Waals surface area contributed by atoms with Crippen molar-refractivity contribution in [2.45, 2.75) is 27.0 Å². The van der Waals surface area contributed by atoms with Gasteiger partial charge in [0.2, 0.25) is 0 Å². The highest BCUT2D eigenvalue weighted by Crippen LogP contribution is 2.18. The van der Waals surface area contributed by atoms with Crippen molar-refractivity contribution in [1.82, 2.24) is 10.5 Å². The number of aromatic nitrogens is 1. The average Bonchev–Trinajstić information content (AvgIpc) is 2.97. The molecular weight excluding hydrogens is 335 g/mol. The fourth-order valence-corrected chi connectivity index (χ4v) is 2.45. The number of carbonyl (C=O) groups is 1. The lowest BCUT2D eigenvalue weighted by molar-refractivity contribution is 0.0951. The van der Waals surface area contributed by atoms with Crippen LogP contribution in [-0.2, 0) is 13.2 Å². The summed E-state index contributed by atoms with van der Waals surface area (Å²) in [5, 5.41) is 6.69. The highest BCUT2D eigenvalue weighted by atomic mass is 19.1. The lowest BCUT2D eigenvalue weighted by Crippen LogP contribution is -2.22. The van der Waals surface area contributed by atoms with Gasteiger partial charge in [0.1, 0.15) is 23.9 Å². The van der Waals surface area contributed by atoms with Crippen LogP contribution in [0.15, 0.2) is 53.1 Å². The van der Waals surface area contributed by atoms with Crippen LogP contribution >= 0.6 is 0 Å². The van der Waals surface area contributed by atoms with Crippen molar-refractivity contribution in [2.24, 2.45) is 0 Å². The Kier molecular flexibility index (Phi) is 5.31. The minimum Gasteiger partial charge on any atom is -0.489 e. The van der Waals surface area contributed by atoms with Gasteiger partial charge in [0, 0.05) is 12.1 Å². The van der Waals surface area contributed by atoms with E-state index in [2.05, 4.69) is 10.5 Å². The standard InChI is InChI=1S/C20H19FN2O3/c1-13-19(14(2)26-23-13)12-25-18-9-5-16(6-10-18)20(24)22-11-15-3-7-17(21)8-4-15/h3-10H,11-12H2,1-2H3,(H,22,24). The van der Waals surface area contributed by atoms with E-state index in [-0.39, 0.29) is 11.7 Å². The van der Waals surface area contributed by atoms with Crippen LogP contribution in [0.4, 0.5) is 4.39 Å². The molecule has 134 valence electrons. The van der Waals surface area contributed by atoms with Gasteiger partial charge >= 0.3 is 0 Å². The molecule has 0 saturated heterocycles. The zero-order valence-electron chi connectivity index (χ0n) is 14.6. The maximum absolute atomic E-state index is 12.9. The van der Waals surface area contributed by atoms with Gasteiger partial charge in [0.25, 0.3) is 5.91 Å². The maximum Gasteiger partial charge on any atom is 0.251 e. The molecule has 0 radical (unpaired) electrons. The maximum atomic E-state index is 12.9. The smallest absolute Gasteiger partial charge is 0.251 e. The fourth-order valence-electron chi connectivity index (χ4n) is 2.45. The number of carbonyl (C=O) groups excluding carboxylic acids is 1. The number of halogens is 1. The molecule has 5 nitrogen and oxygen atoms in total. The fraction of sp³-hybridized carbons (Fsp3) is 0.200. The molecule has 0 aliphatic rings. The zero-order valence-corrected chi connectivity index (χ0v) is 14.6. The van der Waals surface area contributed by atoms with Gasteiger partial charge in [-0.2, -0.15) is 0 Å². The van der Waals surface area contributed by atoms with Crippen LogP contribution in [0.2, 0.25) is 0 Å². The Morgan fingerprint density at radius 1 is 1.12 bits per heavy atom. The second-order valence-electron chi connectivity index (χ2n) is 5.92. The van der Waals surface area contributed by atoms with Gasteiger partial charge in [0.15, 0.2) is 0 Å². The van der Waals surface area contributed by atoms with Crippen molar-refractivity contribution in [3.8, 4) is 5.75 Å². The number of amides is 1. The predicted molar refractivity (Wildman–Crippen MR) is 94.3 cm³/mol. The number of ether oxygens (including phenoxy) is 1. The summed E-state index contributed by atoms with van der Waals surface area (Å²) < 4.78 is 23.7. The molecule has 0 fully saturated rings. The normalized spacial score (nSPS) is 10.6. The minimum atomic E-state index is -0.299. The third-order valence-corrected chi connectivity index (χ3v) is 4.05. The molecule has 0 saturated carbocycles. The van der Waals surface area contributed by atoms with Crippen LogP contribution in [0, 0.1) is 19.7 Å². The Morgan fingerprint density at radius 3 is 2.42 bits per heavy atom. The van der Waals surface area contributed by atoms with E-state index in [0.29, 0.717) is 24.5 Å². The Morgan fingerprint density at radius 2 is 1.81 bits per heavy atom. The van der Waals surface area contributed by atoms with E-state index in [1.165, 1.54) is 12.1 Å². The second kappa shape index (κ2) is 7.82. The molecule has 26 heavy (non-hydrogen) atoms. The van der Waals surface area contributed by atoms with Crippen molar-refractivity contribution < 1.29 is 18.4 Å². The summed E-state index contributed by atoms with van der Waals surface area (Å²) in [6.07, 6.45) is 0. The third kappa shape index (κ3) is 4.27. The minimum absolute atomic E-state index is 0.202. The van der Waals surface area contributed by atoms with Crippen molar-refractivity contribution in [3.05, 3.63) is 82.5 Å². The summed E-state index contributed by atoms with van der Waals surface area (Å²) in [5.41, 5.74) is 3.08. The Balaban J connectivity index is 1.55. The molecule has 1 aromatic heterocycles. The zero-order chi connectivity index (χ0) is 18.5. The molecule has 1 heterocycles. The molecule has 0 bridgehead atoms. The first-order chi connectivity index (χ1) is 12.5. The highest BCUT2D eigenvalue weighted by molar-refractivity contribution is 5.94. The SMILES string of the molecule is Cc1noc(C)c1COc1ccc(C(=O)NCc2ccc(F)cc2)cc1. The quantitative estimate of drug-likeness (QED) is 0.728. The molecule has 1 N–H and O–H groups in total. The second-order valence-corrected chi connectivity index (χ2v) is 5.92. The van der Waals surface area contributed by atoms with E-state index >= 15 is 0 Å². The van der Waals surface area contributed by atoms with Crippen LogP contribution in [0.3, 0.4) is 0 Å². The lowest BCUT2D eigenvalue weighted by atomic mass is 10.2. The first-order valence-electron chi connectivity index (χ1n) is 8.20. The van der Waals surface area contributed by atoms with E-state index in [1.807, 2.05) is 13.8 Å². The molecule has 3 rings (SSSR count). The molecule has 3 aromatic rings. The molecule has 1 amide bonds. The Hall–Kier alpha value is -3.15. The molecule has 2 aromatic carbocycles. The summed E-state index contributed by atoms with van der Waals surface area (Å²) in [7, 11) is 0. The van der Waals surface area contributed by atoms with Crippen molar-refractivity contribution in [1.29, 1.82) is 0 Å². The third-order valence-electron chi connectivity index (χ3n) is 4.05. The van der Waals surface area contributed by atoms with Gasteiger partial charge in [-0.25, -0.2) is 4.39 Å². The number of benzene rings is 2. The van der Waals surface area contributed by atoms with Crippen LogP contribution in [0.5, 0.6) is 5.75 Å². The number of nitrogens with one attached hydrogen (secondary N) is 1.